The first-order valence-corrected chi connectivity index (χ1v) is 7.47. The maximum atomic E-state index is 11.3. The number of ether oxygens (including phenoxy) is 1. The van der Waals surface area contributed by atoms with Crippen LogP contribution in [0.4, 0.5) is 0 Å². The van der Waals surface area contributed by atoms with Crippen molar-refractivity contribution in [3.8, 4) is 0 Å². The van der Waals surface area contributed by atoms with Crippen LogP contribution < -0.4 is 0 Å². The summed E-state index contributed by atoms with van der Waals surface area (Å²) < 4.78 is 7.86. The summed E-state index contributed by atoms with van der Waals surface area (Å²) >= 11 is 0. The summed E-state index contributed by atoms with van der Waals surface area (Å²) in [5.74, 6) is -0.0737. The van der Waals surface area contributed by atoms with Gasteiger partial charge in [0.15, 0.2) is 0 Å². The van der Waals surface area contributed by atoms with Crippen molar-refractivity contribution in [2.45, 2.75) is 45.3 Å². The SMILES string of the molecule is Cc1nc2c(C(=O)O)cccc2n1CCC1CCCCO1. The summed E-state index contributed by atoms with van der Waals surface area (Å²) in [5.41, 5.74) is 1.73. The molecule has 21 heavy (non-hydrogen) atoms. The lowest BCUT2D eigenvalue weighted by Gasteiger charge is -2.22. The minimum absolute atomic E-state index is 0.267. The van der Waals surface area contributed by atoms with Gasteiger partial charge in [-0.05, 0) is 44.7 Å². The molecular formula is C16H20N2O3. The van der Waals surface area contributed by atoms with Crippen LogP contribution in [0.1, 0.15) is 41.9 Å². The maximum Gasteiger partial charge on any atom is 0.337 e. The van der Waals surface area contributed by atoms with E-state index in [1.165, 1.54) is 6.42 Å². The van der Waals surface area contributed by atoms with Crippen LogP contribution in [0.3, 0.4) is 0 Å². The first-order valence-electron chi connectivity index (χ1n) is 7.47. The Hall–Kier alpha value is -1.88. The van der Waals surface area contributed by atoms with Crippen LogP contribution >= 0.6 is 0 Å². The zero-order valence-corrected chi connectivity index (χ0v) is 12.2. The summed E-state index contributed by atoms with van der Waals surface area (Å²) in [4.78, 5) is 15.7. The molecule has 3 rings (SSSR count). The number of imidazole rings is 1. The molecule has 0 bridgehead atoms. The molecule has 1 fully saturated rings. The Balaban J connectivity index is 1.86. The number of aromatic carboxylic acids is 1. The van der Waals surface area contributed by atoms with Crippen LogP contribution in [0, 0.1) is 6.92 Å². The number of hydrogen-bond donors (Lipinski definition) is 1. The third kappa shape index (κ3) is 2.78. The molecule has 2 heterocycles. The number of carboxylic acid groups (broad SMARTS) is 1. The molecule has 1 saturated heterocycles. The molecule has 112 valence electrons. The highest BCUT2D eigenvalue weighted by Crippen LogP contribution is 2.22. The van der Waals surface area contributed by atoms with Gasteiger partial charge in [0.05, 0.1) is 17.2 Å². The molecule has 0 aliphatic carbocycles. The standard InChI is InChI=1S/C16H20N2O3/c1-11-17-15-13(16(19)20)6-4-7-14(15)18(11)9-8-12-5-2-3-10-21-12/h4,6-7,12H,2-3,5,8-10H2,1H3,(H,19,20). The van der Waals surface area contributed by atoms with Crippen LogP contribution in [0.5, 0.6) is 0 Å². The van der Waals surface area contributed by atoms with Gasteiger partial charge in [0.25, 0.3) is 0 Å². The van der Waals surface area contributed by atoms with Gasteiger partial charge in [-0.1, -0.05) is 6.07 Å². The third-order valence-electron chi connectivity index (χ3n) is 4.15. The highest BCUT2D eigenvalue weighted by molar-refractivity contribution is 6.01. The number of rotatable bonds is 4. The number of para-hydroxylation sites is 1. The van der Waals surface area contributed by atoms with Crippen molar-refractivity contribution in [3.63, 3.8) is 0 Å². The van der Waals surface area contributed by atoms with E-state index < -0.39 is 5.97 Å². The number of carboxylic acids is 1. The van der Waals surface area contributed by atoms with Gasteiger partial charge >= 0.3 is 5.97 Å². The number of benzene rings is 1. The average Bonchev–Trinajstić information content (AvgIpc) is 2.81. The van der Waals surface area contributed by atoms with Gasteiger partial charge in [-0.3, -0.25) is 0 Å². The Morgan fingerprint density at radius 1 is 1.48 bits per heavy atom. The van der Waals surface area contributed by atoms with Crippen molar-refractivity contribution in [2.75, 3.05) is 6.61 Å². The Bertz CT molecular complexity index is 657. The molecule has 0 amide bonds. The number of fused-ring (bicyclic) bond motifs is 1. The van der Waals surface area contributed by atoms with Gasteiger partial charge in [-0.25, -0.2) is 9.78 Å². The number of carbonyl (C=O) groups is 1. The molecule has 1 N–H and O–H groups in total. The van der Waals surface area contributed by atoms with E-state index in [1.54, 1.807) is 12.1 Å². The number of aryl methyl sites for hydroxylation is 2. The van der Waals surface area contributed by atoms with Crippen LogP contribution in [0.15, 0.2) is 18.2 Å². The van der Waals surface area contributed by atoms with Crippen LogP contribution in [-0.4, -0.2) is 33.3 Å². The van der Waals surface area contributed by atoms with Crippen LogP contribution in [-0.2, 0) is 11.3 Å². The van der Waals surface area contributed by atoms with E-state index in [2.05, 4.69) is 9.55 Å². The monoisotopic (exact) mass is 288 g/mol. The molecule has 1 aliphatic heterocycles. The van der Waals surface area contributed by atoms with Crippen molar-refractivity contribution in [3.05, 3.63) is 29.6 Å². The van der Waals surface area contributed by atoms with Crippen molar-refractivity contribution in [2.24, 2.45) is 0 Å². The molecule has 0 spiro atoms. The average molecular weight is 288 g/mol. The fraction of sp³-hybridized carbons (Fsp3) is 0.500. The minimum atomic E-state index is -0.930. The Labute approximate surface area is 123 Å². The van der Waals surface area contributed by atoms with E-state index in [1.807, 2.05) is 13.0 Å². The van der Waals surface area contributed by atoms with E-state index >= 15 is 0 Å². The Kier molecular flexibility index (Phi) is 3.92. The number of aromatic nitrogens is 2. The second kappa shape index (κ2) is 5.85. The molecule has 2 aromatic rings. The quantitative estimate of drug-likeness (QED) is 0.939. The van der Waals surface area contributed by atoms with Crippen molar-refractivity contribution >= 4 is 17.0 Å². The lowest BCUT2D eigenvalue weighted by molar-refractivity contribution is 0.00890. The van der Waals surface area contributed by atoms with Gasteiger partial charge in [0, 0.05) is 13.2 Å². The molecule has 1 aliphatic rings. The summed E-state index contributed by atoms with van der Waals surface area (Å²) in [7, 11) is 0. The third-order valence-corrected chi connectivity index (χ3v) is 4.15. The fourth-order valence-electron chi connectivity index (χ4n) is 3.03. The molecule has 1 aromatic carbocycles. The molecule has 0 saturated carbocycles. The smallest absolute Gasteiger partial charge is 0.337 e. The van der Waals surface area contributed by atoms with Crippen molar-refractivity contribution < 1.29 is 14.6 Å². The predicted molar refractivity (Wildman–Crippen MR) is 79.6 cm³/mol. The van der Waals surface area contributed by atoms with Gasteiger partial charge in [0.1, 0.15) is 11.3 Å². The van der Waals surface area contributed by atoms with Crippen molar-refractivity contribution in [1.82, 2.24) is 9.55 Å². The van der Waals surface area contributed by atoms with Gasteiger partial charge in [0.2, 0.25) is 0 Å². The number of hydrogen-bond acceptors (Lipinski definition) is 3. The van der Waals surface area contributed by atoms with Gasteiger partial charge < -0.3 is 14.4 Å². The maximum absolute atomic E-state index is 11.3. The Morgan fingerprint density at radius 2 is 2.33 bits per heavy atom. The molecule has 0 radical (unpaired) electrons. The molecule has 5 nitrogen and oxygen atoms in total. The summed E-state index contributed by atoms with van der Waals surface area (Å²) in [6.07, 6.45) is 4.77. The van der Waals surface area contributed by atoms with Crippen LogP contribution in [0.2, 0.25) is 0 Å². The highest BCUT2D eigenvalue weighted by Gasteiger charge is 2.17. The first-order chi connectivity index (χ1) is 10.2. The van der Waals surface area contributed by atoms with Crippen molar-refractivity contribution in [1.29, 1.82) is 0 Å². The van der Waals surface area contributed by atoms with Gasteiger partial charge in [-0.2, -0.15) is 0 Å². The molecule has 1 aromatic heterocycles. The highest BCUT2D eigenvalue weighted by atomic mass is 16.5. The van der Waals surface area contributed by atoms with E-state index in [0.717, 1.165) is 43.8 Å². The number of nitrogens with zero attached hydrogens (tertiary/aromatic N) is 2. The van der Waals surface area contributed by atoms with E-state index in [-0.39, 0.29) is 5.56 Å². The second-order valence-corrected chi connectivity index (χ2v) is 5.57. The van der Waals surface area contributed by atoms with E-state index in [4.69, 9.17) is 4.74 Å². The van der Waals surface area contributed by atoms with E-state index in [9.17, 15) is 9.90 Å². The second-order valence-electron chi connectivity index (χ2n) is 5.57. The summed E-state index contributed by atoms with van der Waals surface area (Å²) in [6.45, 7) is 3.60. The first kappa shape index (κ1) is 14.1. The fourth-order valence-corrected chi connectivity index (χ4v) is 3.03. The van der Waals surface area contributed by atoms with Crippen LogP contribution in [0.25, 0.3) is 11.0 Å². The largest absolute Gasteiger partial charge is 0.478 e. The molecule has 5 heteroatoms. The lowest BCUT2D eigenvalue weighted by Crippen LogP contribution is -2.21. The lowest BCUT2D eigenvalue weighted by atomic mass is 10.1. The normalized spacial score (nSPS) is 19.0. The predicted octanol–water partition coefficient (Wildman–Crippen LogP) is 3.00. The summed E-state index contributed by atoms with van der Waals surface area (Å²) in [5, 5.41) is 9.25. The van der Waals surface area contributed by atoms with E-state index in [0.29, 0.717) is 11.6 Å². The molecule has 1 atom stereocenters. The zero-order valence-electron chi connectivity index (χ0n) is 12.2. The summed E-state index contributed by atoms with van der Waals surface area (Å²) in [6, 6.07) is 5.32. The topological polar surface area (TPSA) is 64.3 Å². The van der Waals surface area contributed by atoms with Gasteiger partial charge in [-0.15, -0.1) is 0 Å². The minimum Gasteiger partial charge on any atom is -0.478 e. The zero-order chi connectivity index (χ0) is 14.8. The molecule has 1 unspecified atom stereocenters. The molecular weight excluding hydrogens is 268 g/mol. The Morgan fingerprint density at radius 3 is 3.05 bits per heavy atom.